The lowest BCUT2D eigenvalue weighted by molar-refractivity contribution is -0.145. The number of amides is 1. The minimum Gasteiger partial charge on any atom is -0.497 e. The van der Waals surface area contributed by atoms with E-state index >= 15 is 0 Å². The quantitative estimate of drug-likeness (QED) is 0.767. The lowest BCUT2D eigenvalue weighted by atomic mass is 10.1. The van der Waals surface area contributed by atoms with E-state index in [-0.39, 0.29) is 18.1 Å². The maximum atomic E-state index is 12.3. The summed E-state index contributed by atoms with van der Waals surface area (Å²) in [6, 6.07) is 15.7. The molecule has 124 valence electrons. The topological polar surface area (TPSA) is 46.6 Å². The SMILES string of the molecule is COc1ccc(CCCC(=O)C(=O)N2Cc3ccccc3C2)cc1. The fraction of sp³-hybridized carbons (Fsp3) is 0.300. The van der Waals surface area contributed by atoms with E-state index in [4.69, 9.17) is 4.74 Å². The highest BCUT2D eigenvalue weighted by Crippen LogP contribution is 2.22. The molecule has 0 radical (unpaired) electrons. The molecule has 0 atom stereocenters. The van der Waals surface area contributed by atoms with Crippen LogP contribution in [0.5, 0.6) is 5.75 Å². The molecule has 0 saturated carbocycles. The molecule has 0 spiro atoms. The number of methoxy groups -OCH3 is 1. The zero-order chi connectivity index (χ0) is 16.9. The van der Waals surface area contributed by atoms with Gasteiger partial charge >= 0.3 is 0 Å². The van der Waals surface area contributed by atoms with Crippen molar-refractivity contribution in [2.45, 2.75) is 32.4 Å². The number of Topliss-reactive ketones (excluding diaryl/α,β-unsaturated/α-hetero) is 1. The molecule has 1 aliphatic rings. The Morgan fingerprint density at radius 1 is 1.00 bits per heavy atom. The lowest BCUT2D eigenvalue weighted by Crippen LogP contribution is -2.32. The van der Waals surface area contributed by atoms with Crippen molar-refractivity contribution in [2.24, 2.45) is 0 Å². The van der Waals surface area contributed by atoms with E-state index in [9.17, 15) is 9.59 Å². The summed E-state index contributed by atoms with van der Waals surface area (Å²) in [5, 5.41) is 0. The number of ether oxygens (including phenoxy) is 1. The fourth-order valence-corrected chi connectivity index (χ4v) is 3.01. The molecule has 0 unspecified atom stereocenters. The normalized spacial score (nSPS) is 12.8. The van der Waals surface area contributed by atoms with Gasteiger partial charge in [0, 0.05) is 19.5 Å². The summed E-state index contributed by atoms with van der Waals surface area (Å²) in [7, 11) is 1.63. The van der Waals surface area contributed by atoms with E-state index in [2.05, 4.69) is 0 Å². The Hall–Kier alpha value is -2.62. The molecule has 1 amide bonds. The summed E-state index contributed by atoms with van der Waals surface area (Å²) in [5.74, 6) is 0.163. The molecule has 2 aromatic carbocycles. The first-order valence-corrected chi connectivity index (χ1v) is 8.19. The highest BCUT2D eigenvalue weighted by atomic mass is 16.5. The van der Waals surface area contributed by atoms with Gasteiger partial charge in [-0.15, -0.1) is 0 Å². The van der Waals surface area contributed by atoms with Crippen molar-refractivity contribution in [3.63, 3.8) is 0 Å². The molecule has 4 nitrogen and oxygen atoms in total. The zero-order valence-corrected chi connectivity index (χ0v) is 13.8. The van der Waals surface area contributed by atoms with Crippen LogP contribution in [0.4, 0.5) is 0 Å². The number of carbonyl (C=O) groups is 2. The number of hydrogen-bond acceptors (Lipinski definition) is 3. The van der Waals surface area contributed by atoms with Gasteiger partial charge in [0.05, 0.1) is 7.11 Å². The van der Waals surface area contributed by atoms with Crippen LogP contribution in [0.3, 0.4) is 0 Å². The van der Waals surface area contributed by atoms with E-state index in [1.807, 2.05) is 48.5 Å². The van der Waals surface area contributed by atoms with Crippen molar-refractivity contribution in [3.8, 4) is 5.75 Å². The van der Waals surface area contributed by atoms with Gasteiger partial charge in [-0.05, 0) is 41.7 Å². The summed E-state index contributed by atoms with van der Waals surface area (Å²) in [6.07, 6.45) is 1.75. The molecule has 0 bridgehead atoms. The van der Waals surface area contributed by atoms with E-state index in [1.54, 1.807) is 12.0 Å². The summed E-state index contributed by atoms with van der Waals surface area (Å²) >= 11 is 0. The molecule has 0 aromatic heterocycles. The summed E-state index contributed by atoms with van der Waals surface area (Å²) in [4.78, 5) is 26.1. The number of rotatable bonds is 6. The van der Waals surface area contributed by atoms with Crippen LogP contribution >= 0.6 is 0 Å². The zero-order valence-electron chi connectivity index (χ0n) is 13.8. The van der Waals surface area contributed by atoms with Crippen LogP contribution in [0.25, 0.3) is 0 Å². The van der Waals surface area contributed by atoms with Crippen molar-refractivity contribution in [1.82, 2.24) is 4.90 Å². The van der Waals surface area contributed by atoms with Gasteiger partial charge in [0.2, 0.25) is 5.78 Å². The molecular weight excluding hydrogens is 302 g/mol. The van der Waals surface area contributed by atoms with Gasteiger partial charge in [-0.25, -0.2) is 0 Å². The van der Waals surface area contributed by atoms with Crippen molar-refractivity contribution < 1.29 is 14.3 Å². The maximum absolute atomic E-state index is 12.3. The smallest absolute Gasteiger partial charge is 0.290 e. The second kappa shape index (κ2) is 7.30. The van der Waals surface area contributed by atoms with Gasteiger partial charge in [0.25, 0.3) is 5.91 Å². The molecule has 1 heterocycles. The Bertz CT molecular complexity index is 712. The average Bonchev–Trinajstić information content (AvgIpc) is 3.05. The summed E-state index contributed by atoms with van der Waals surface area (Å²) < 4.78 is 5.12. The second-order valence-corrected chi connectivity index (χ2v) is 6.05. The van der Waals surface area contributed by atoms with Crippen molar-refractivity contribution >= 4 is 11.7 Å². The molecule has 24 heavy (non-hydrogen) atoms. The number of fused-ring (bicyclic) bond motifs is 1. The van der Waals surface area contributed by atoms with Crippen LogP contribution in [0, 0.1) is 0 Å². The number of benzene rings is 2. The van der Waals surface area contributed by atoms with Crippen LogP contribution in [0.15, 0.2) is 48.5 Å². The van der Waals surface area contributed by atoms with E-state index in [0.717, 1.165) is 28.9 Å². The predicted octanol–water partition coefficient (Wildman–Crippen LogP) is 3.13. The molecule has 3 rings (SSSR count). The van der Waals surface area contributed by atoms with Crippen molar-refractivity contribution in [3.05, 3.63) is 65.2 Å². The molecule has 2 aromatic rings. The number of carbonyl (C=O) groups excluding carboxylic acids is 2. The first-order valence-electron chi connectivity index (χ1n) is 8.19. The van der Waals surface area contributed by atoms with Crippen LogP contribution in [0.1, 0.15) is 29.5 Å². The van der Waals surface area contributed by atoms with Crippen LogP contribution < -0.4 is 4.74 Å². The average molecular weight is 323 g/mol. The Balaban J connectivity index is 1.47. The molecular formula is C20H21NO3. The van der Waals surface area contributed by atoms with Gasteiger partial charge in [-0.2, -0.15) is 0 Å². The Morgan fingerprint density at radius 3 is 2.21 bits per heavy atom. The fourth-order valence-electron chi connectivity index (χ4n) is 3.01. The molecule has 4 heteroatoms. The van der Waals surface area contributed by atoms with Gasteiger partial charge in [0.15, 0.2) is 0 Å². The summed E-state index contributed by atoms with van der Waals surface area (Å²) in [6.45, 7) is 1.08. The maximum Gasteiger partial charge on any atom is 0.290 e. The summed E-state index contributed by atoms with van der Waals surface area (Å²) in [5.41, 5.74) is 3.42. The van der Waals surface area contributed by atoms with E-state index in [0.29, 0.717) is 19.5 Å². The highest BCUT2D eigenvalue weighted by molar-refractivity contribution is 6.36. The Labute approximate surface area is 142 Å². The van der Waals surface area contributed by atoms with Crippen LogP contribution in [0.2, 0.25) is 0 Å². The molecule has 0 N–H and O–H groups in total. The third kappa shape index (κ3) is 3.65. The first kappa shape index (κ1) is 16.2. The Morgan fingerprint density at radius 2 is 1.62 bits per heavy atom. The van der Waals surface area contributed by atoms with E-state index in [1.165, 1.54) is 0 Å². The van der Waals surface area contributed by atoms with Gasteiger partial charge in [0.1, 0.15) is 5.75 Å². The van der Waals surface area contributed by atoms with Crippen LogP contribution in [-0.2, 0) is 29.1 Å². The minimum atomic E-state index is -0.360. The van der Waals surface area contributed by atoms with Crippen molar-refractivity contribution in [1.29, 1.82) is 0 Å². The van der Waals surface area contributed by atoms with Gasteiger partial charge in [-0.1, -0.05) is 36.4 Å². The number of ketones is 1. The lowest BCUT2D eigenvalue weighted by Gasteiger charge is -2.14. The third-order valence-corrected chi connectivity index (χ3v) is 4.39. The van der Waals surface area contributed by atoms with Crippen LogP contribution in [-0.4, -0.2) is 23.7 Å². The molecule has 0 saturated heterocycles. The van der Waals surface area contributed by atoms with Crippen molar-refractivity contribution in [2.75, 3.05) is 7.11 Å². The molecule has 0 aliphatic carbocycles. The second-order valence-electron chi connectivity index (χ2n) is 6.05. The number of aryl methyl sites for hydroxylation is 1. The van der Waals surface area contributed by atoms with Gasteiger partial charge < -0.3 is 9.64 Å². The van der Waals surface area contributed by atoms with E-state index < -0.39 is 0 Å². The minimum absolute atomic E-state index is 0.289. The first-order chi connectivity index (χ1) is 11.7. The van der Waals surface area contributed by atoms with Gasteiger partial charge in [-0.3, -0.25) is 9.59 Å². The number of hydrogen-bond donors (Lipinski definition) is 0. The Kier molecular flexibility index (Phi) is 4.94. The largest absolute Gasteiger partial charge is 0.497 e. The third-order valence-electron chi connectivity index (χ3n) is 4.39. The molecule has 0 fully saturated rings. The predicted molar refractivity (Wildman–Crippen MR) is 91.6 cm³/mol. The monoisotopic (exact) mass is 323 g/mol. The number of nitrogens with zero attached hydrogens (tertiary/aromatic N) is 1. The molecule has 1 aliphatic heterocycles. The standard InChI is InChI=1S/C20H21NO3/c1-24-18-11-9-15(10-12-18)5-4-8-19(22)20(23)21-13-16-6-2-3-7-17(16)14-21/h2-3,6-7,9-12H,4-5,8,13-14H2,1H3. The highest BCUT2D eigenvalue weighted by Gasteiger charge is 2.26.